The van der Waals surface area contributed by atoms with E-state index >= 15 is 0 Å². The maximum absolute atomic E-state index is 11.7. The topological polar surface area (TPSA) is 113 Å². The Morgan fingerprint density at radius 2 is 1.97 bits per heavy atom. The van der Waals surface area contributed by atoms with Gasteiger partial charge in [0.05, 0.1) is 23.0 Å². The Kier molecular flexibility index (Phi) is 5.10. The zero-order chi connectivity index (χ0) is 24.5. The van der Waals surface area contributed by atoms with Crippen LogP contribution < -0.4 is 10.5 Å². The molecule has 1 atom stereocenters. The summed E-state index contributed by atoms with van der Waals surface area (Å²) in [5, 5.41) is 0.843. The van der Waals surface area contributed by atoms with Crippen LogP contribution in [0.1, 0.15) is 38.1 Å². The van der Waals surface area contributed by atoms with Gasteiger partial charge in [-0.25, -0.2) is 18.4 Å². The Labute approximate surface area is 210 Å². The highest BCUT2D eigenvalue weighted by Crippen LogP contribution is 2.44. The van der Waals surface area contributed by atoms with Crippen molar-refractivity contribution in [3.8, 4) is 16.9 Å². The van der Waals surface area contributed by atoms with Crippen molar-refractivity contribution in [3.63, 3.8) is 0 Å². The van der Waals surface area contributed by atoms with E-state index in [1.807, 2.05) is 12.1 Å². The first-order chi connectivity index (χ1) is 17.4. The molecule has 4 aliphatic heterocycles. The molecule has 0 saturated carbocycles. The van der Waals surface area contributed by atoms with Gasteiger partial charge in [0.2, 0.25) is 0 Å². The molecule has 4 fully saturated rings. The van der Waals surface area contributed by atoms with Crippen LogP contribution in [0.3, 0.4) is 0 Å². The van der Waals surface area contributed by atoms with E-state index < -0.39 is 9.84 Å². The smallest absolute Gasteiger partial charge is 0.153 e. The molecule has 4 aliphatic rings. The first kappa shape index (κ1) is 22.5. The van der Waals surface area contributed by atoms with Crippen molar-refractivity contribution in [2.75, 3.05) is 36.9 Å². The van der Waals surface area contributed by atoms with Gasteiger partial charge in [0.15, 0.2) is 9.84 Å². The molecule has 1 aromatic carbocycles. The van der Waals surface area contributed by atoms with Gasteiger partial charge in [0, 0.05) is 36.9 Å². The molecule has 0 unspecified atom stereocenters. The number of nitrogens with two attached hydrogens (primary N) is 1. The molecule has 6 heterocycles. The van der Waals surface area contributed by atoms with Gasteiger partial charge < -0.3 is 19.8 Å². The highest BCUT2D eigenvalue weighted by Gasteiger charge is 2.46. The summed E-state index contributed by atoms with van der Waals surface area (Å²) in [6.07, 6.45) is 9.41. The Morgan fingerprint density at radius 3 is 2.72 bits per heavy atom. The van der Waals surface area contributed by atoms with Crippen LogP contribution in [-0.2, 0) is 14.6 Å². The fourth-order valence-electron chi connectivity index (χ4n) is 6.53. The van der Waals surface area contributed by atoms with E-state index in [0.717, 1.165) is 73.1 Å². The summed E-state index contributed by atoms with van der Waals surface area (Å²) in [5.74, 6) is 1.81. The second-order valence-electron chi connectivity index (χ2n) is 10.9. The SMILES string of the molecule is Nc1ncnc2c1c(-c1cccc(OCC34CCC(CC3)O4)c1)cn2[C@@H]1CCN(C2CS(=O)(=O)C2)C1. The van der Waals surface area contributed by atoms with Gasteiger partial charge >= 0.3 is 0 Å². The predicted octanol–water partition coefficient (Wildman–Crippen LogP) is 2.81. The summed E-state index contributed by atoms with van der Waals surface area (Å²) in [5.41, 5.74) is 9.05. The predicted molar refractivity (Wildman–Crippen MR) is 137 cm³/mol. The van der Waals surface area contributed by atoms with Gasteiger partial charge in [0.25, 0.3) is 0 Å². The van der Waals surface area contributed by atoms with Crippen molar-refractivity contribution in [1.82, 2.24) is 19.4 Å². The third kappa shape index (κ3) is 3.77. The lowest BCUT2D eigenvalue weighted by atomic mass is 9.89. The zero-order valence-corrected chi connectivity index (χ0v) is 21.0. The second kappa shape index (κ2) is 8.16. The number of rotatable bonds is 6. The molecule has 2 N–H and O–H groups in total. The molecule has 2 bridgehead atoms. The fraction of sp³-hybridized carbons (Fsp3) is 0.538. The van der Waals surface area contributed by atoms with Gasteiger partial charge in [-0.05, 0) is 49.8 Å². The summed E-state index contributed by atoms with van der Waals surface area (Å²) in [7, 11) is -2.85. The molecule has 10 heteroatoms. The van der Waals surface area contributed by atoms with E-state index in [-0.39, 0.29) is 29.2 Å². The van der Waals surface area contributed by atoms with Crippen LogP contribution in [0.2, 0.25) is 0 Å². The third-order valence-corrected chi connectivity index (χ3v) is 10.3. The number of nitrogens with zero attached hydrogens (tertiary/aromatic N) is 4. The van der Waals surface area contributed by atoms with Crippen LogP contribution in [0.25, 0.3) is 22.2 Å². The van der Waals surface area contributed by atoms with Crippen molar-refractivity contribution >= 4 is 26.7 Å². The van der Waals surface area contributed by atoms with Gasteiger partial charge in [-0.1, -0.05) is 12.1 Å². The van der Waals surface area contributed by atoms with E-state index in [1.54, 1.807) is 0 Å². The molecule has 9 nitrogen and oxygen atoms in total. The van der Waals surface area contributed by atoms with Crippen LogP contribution in [0.5, 0.6) is 5.75 Å². The quantitative estimate of drug-likeness (QED) is 0.540. The third-order valence-electron chi connectivity index (χ3n) is 8.54. The largest absolute Gasteiger partial charge is 0.491 e. The lowest BCUT2D eigenvalue weighted by Crippen LogP contribution is -2.52. The van der Waals surface area contributed by atoms with E-state index in [0.29, 0.717) is 18.5 Å². The zero-order valence-electron chi connectivity index (χ0n) is 20.2. The summed E-state index contributed by atoms with van der Waals surface area (Å²) in [6.45, 7) is 2.27. The number of fused-ring (bicyclic) bond motifs is 3. The average molecular weight is 510 g/mol. The highest BCUT2D eigenvalue weighted by atomic mass is 32.2. The molecule has 2 aromatic heterocycles. The Balaban J connectivity index is 1.17. The first-order valence-electron chi connectivity index (χ1n) is 12.8. The molecular weight excluding hydrogens is 478 g/mol. The van der Waals surface area contributed by atoms with E-state index in [9.17, 15) is 8.42 Å². The summed E-state index contributed by atoms with van der Waals surface area (Å²) in [4.78, 5) is 11.2. The number of benzene rings is 1. The number of ether oxygens (including phenoxy) is 2. The van der Waals surface area contributed by atoms with Crippen molar-refractivity contribution in [3.05, 3.63) is 36.8 Å². The fourth-order valence-corrected chi connectivity index (χ4v) is 8.03. The van der Waals surface area contributed by atoms with Crippen molar-refractivity contribution in [2.24, 2.45) is 0 Å². The molecule has 190 valence electrons. The maximum Gasteiger partial charge on any atom is 0.153 e. The van der Waals surface area contributed by atoms with Gasteiger partial charge in [-0.3, -0.25) is 4.90 Å². The minimum atomic E-state index is -2.85. The van der Waals surface area contributed by atoms with E-state index in [4.69, 9.17) is 15.2 Å². The summed E-state index contributed by atoms with van der Waals surface area (Å²) in [6, 6.07) is 8.45. The second-order valence-corrected chi connectivity index (χ2v) is 13.0. The van der Waals surface area contributed by atoms with Gasteiger partial charge in [-0.15, -0.1) is 0 Å². The maximum atomic E-state index is 11.7. The monoisotopic (exact) mass is 509 g/mol. The lowest BCUT2D eigenvalue weighted by molar-refractivity contribution is -0.0198. The minimum Gasteiger partial charge on any atom is -0.491 e. The molecule has 0 spiro atoms. The minimum absolute atomic E-state index is 0.122. The Hall–Kier alpha value is -2.69. The molecule has 0 amide bonds. The van der Waals surface area contributed by atoms with Crippen LogP contribution >= 0.6 is 0 Å². The molecule has 7 rings (SSSR count). The number of nitrogen functional groups attached to an aromatic ring is 1. The normalized spacial score (nSPS) is 29.7. The van der Waals surface area contributed by atoms with Crippen LogP contribution in [-0.4, -0.2) is 76.8 Å². The van der Waals surface area contributed by atoms with Crippen LogP contribution in [0.15, 0.2) is 36.8 Å². The molecule has 0 radical (unpaired) electrons. The molecule has 0 aliphatic carbocycles. The molecule has 4 saturated heterocycles. The number of anilines is 1. The Morgan fingerprint density at radius 1 is 1.14 bits per heavy atom. The van der Waals surface area contributed by atoms with Crippen molar-refractivity contribution in [2.45, 2.75) is 55.9 Å². The first-order valence-corrected chi connectivity index (χ1v) is 14.7. The number of hydrogen-bond donors (Lipinski definition) is 1. The molecular formula is C26H31N5O4S. The molecule has 3 aromatic rings. The van der Waals surface area contributed by atoms with Gasteiger partial charge in [0.1, 0.15) is 35.7 Å². The standard InChI is InChI=1S/C26H31N5O4S/c27-24-23-22(17-2-1-3-21(10-17)34-15-26-7-4-20(35-26)5-8-26)12-31(25(23)29-16-28-24)18-6-9-30(11-18)19-13-36(32,33)14-19/h1-3,10,12,16,18-20H,4-9,11,13-15H2,(H2,27,28,29)/t18-,20?,26?/m1/s1. The number of sulfone groups is 1. The number of hydrogen-bond acceptors (Lipinski definition) is 8. The van der Waals surface area contributed by atoms with E-state index in [1.165, 1.54) is 6.33 Å². The lowest BCUT2D eigenvalue weighted by Gasteiger charge is -2.34. The van der Waals surface area contributed by atoms with Crippen LogP contribution in [0.4, 0.5) is 5.82 Å². The van der Waals surface area contributed by atoms with Crippen molar-refractivity contribution < 1.29 is 17.9 Å². The molecule has 36 heavy (non-hydrogen) atoms. The Bertz CT molecular complexity index is 1420. The van der Waals surface area contributed by atoms with E-state index in [2.05, 4.69) is 37.8 Å². The van der Waals surface area contributed by atoms with Crippen molar-refractivity contribution in [1.29, 1.82) is 0 Å². The van der Waals surface area contributed by atoms with Gasteiger partial charge in [-0.2, -0.15) is 0 Å². The highest BCUT2D eigenvalue weighted by molar-refractivity contribution is 7.92. The average Bonchev–Trinajstić information content (AvgIpc) is 3.64. The number of aromatic nitrogens is 3. The summed E-state index contributed by atoms with van der Waals surface area (Å²) < 4.78 is 38.0. The van der Waals surface area contributed by atoms with Crippen LogP contribution in [0, 0.1) is 0 Å². The number of likely N-dealkylation sites (tertiary alicyclic amines) is 1. The summed E-state index contributed by atoms with van der Waals surface area (Å²) >= 11 is 0.